The first-order chi connectivity index (χ1) is 9.79. The van der Waals surface area contributed by atoms with Crippen LogP contribution in [0.1, 0.15) is 23.0 Å². The van der Waals surface area contributed by atoms with Crippen LogP contribution in [0.3, 0.4) is 0 Å². The number of nitrogens with zero attached hydrogens (tertiary/aromatic N) is 2. The Bertz CT molecular complexity index is 759. The van der Waals surface area contributed by atoms with Crippen LogP contribution in [0.15, 0.2) is 47.1 Å². The molecule has 0 spiro atoms. The Kier molecular flexibility index (Phi) is 3.16. The maximum Gasteiger partial charge on any atom is 0.257 e. The third kappa shape index (κ3) is 2.14. The molecule has 0 aliphatic rings. The molecule has 1 N–H and O–H groups in total. The molecule has 1 amide bonds. The molecule has 0 fully saturated rings. The number of fused-ring (bicyclic) bond motifs is 1. The minimum atomic E-state index is -0.216. The van der Waals surface area contributed by atoms with Crippen molar-refractivity contribution >= 4 is 22.5 Å². The number of anilines is 1. The molecule has 1 heterocycles. The molecule has 0 saturated heterocycles. The van der Waals surface area contributed by atoms with Crippen molar-refractivity contribution in [3.63, 3.8) is 0 Å². The Balaban J connectivity index is 1.97. The van der Waals surface area contributed by atoms with Crippen LogP contribution in [0, 0.1) is 0 Å². The Labute approximate surface area is 115 Å². The predicted molar refractivity (Wildman–Crippen MR) is 75.6 cm³/mol. The number of nitrogens with one attached hydrogen (secondary N) is 1. The molecule has 3 aromatic rings. The van der Waals surface area contributed by atoms with Gasteiger partial charge >= 0.3 is 0 Å². The number of rotatable bonds is 3. The smallest absolute Gasteiger partial charge is 0.257 e. The molecular formula is C15H13N3O2. The molecule has 5 nitrogen and oxygen atoms in total. The Morgan fingerprint density at radius 2 is 1.95 bits per heavy atom. The molecule has 20 heavy (non-hydrogen) atoms. The van der Waals surface area contributed by atoms with Crippen molar-refractivity contribution in [1.82, 2.24) is 10.3 Å². The molecule has 0 unspecified atom stereocenters. The molecule has 5 heteroatoms. The summed E-state index contributed by atoms with van der Waals surface area (Å²) in [5, 5.41) is 12.1. The number of amides is 1. The minimum Gasteiger partial charge on any atom is -0.302 e. The van der Waals surface area contributed by atoms with E-state index in [1.54, 1.807) is 6.07 Å². The first-order valence-electron chi connectivity index (χ1n) is 6.40. The van der Waals surface area contributed by atoms with Crippen LogP contribution in [0.5, 0.6) is 0 Å². The molecule has 3 rings (SSSR count). The maximum atomic E-state index is 12.4. The number of hydrogen-bond donors (Lipinski definition) is 1. The van der Waals surface area contributed by atoms with Gasteiger partial charge in [-0.3, -0.25) is 4.79 Å². The molecule has 0 aliphatic carbocycles. The number of benzene rings is 2. The molecule has 0 atom stereocenters. The molecule has 0 bridgehead atoms. The van der Waals surface area contributed by atoms with Crippen molar-refractivity contribution in [3.05, 3.63) is 53.7 Å². The van der Waals surface area contributed by atoms with Crippen molar-refractivity contribution in [2.45, 2.75) is 13.3 Å². The zero-order chi connectivity index (χ0) is 13.9. The summed E-state index contributed by atoms with van der Waals surface area (Å²) in [7, 11) is 0. The molecule has 0 radical (unpaired) electrons. The second-order valence-electron chi connectivity index (χ2n) is 4.39. The zero-order valence-corrected chi connectivity index (χ0v) is 11.0. The van der Waals surface area contributed by atoms with E-state index in [1.165, 1.54) is 0 Å². The van der Waals surface area contributed by atoms with E-state index in [9.17, 15) is 4.79 Å². The molecule has 2 aromatic carbocycles. The Morgan fingerprint density at radius 3 is 2.80 bits per heavy atom. The molecule has 0 saturated carbocycles. The first-order valence-corrected chi connectivity index (χ1v) is 6.40. The number of hydrogen-bond acceptors (Lipinski definition) is 4. The van der Waals surface area contributed by atoms with Gasteiger partial charge in [0.1, 0.15) is 5.69 Å². The van der Waals surface area contributed by atoms with Gasteiger partial charge in [-0.05, 0) is 28.4 Å². The third-order valence-corrected chi connectivity index (χ3v) is 3.16. The average molecular weight is 267 g/mol. The highest BCUT2D eigenvalue weighted by Crippen LogP contribution is 2.20. The van der Waals surface area contributed by atoms with E-state index in [-0.39, 0.29) is 5.91 Å². The summed E-state index contributed by atoms with van der Waals surface area (Å²) < 4.78 is 4.65. The van der Waals surface area contributed by atoms with E-state index in [4.69, 9.17) is 0 Å². The highest BCUT2D eigenvalue weighted by molar-refractivity contribution is 6.12. The predicted octanol–water partition coefficient (Wildman–Crippen LogP) is 3.04. The van der Waals surface area contributed by atoms with Gasteiger partial charge in [0.15, 0.2) is 0 Å². The fraction of sp³-hybridized carbons (Fsp3) is 0.133. The summed E-state index contributed by atoms with van der Waals surface area (Å²) in [5.74, 6) is 0.164. The van der Waals surface area contributed by atoms with Gasteiger partial charge in [0.05, 0.1) is 0 Å². The number of aromatic nitrogens is 2. The fourth-order valence-corrected chi connectivity index (χ4v) is 2.13. The van der Waals surface area contributed by atoms with Crippen LogP contribution < -0.4 is 5.32 Å². The van der Waals surface area contributed by atoms with Gasteiger partial charge in [0, 0.05) is 5.56 Å². The zero-order valence-electron chi connectivity index (χ0n) is 11.0. The van der Waals surface area contributed by atoms with Crippen LogP contribution in [0.2, 0.25) is 0 Å². The van der Waals surface area contributed by atoms with Crippen LogP contribution in [0.4, 0.5) is 5.82 Å². The highest BCUT2D eigenvalue weighted by Gasteiger charge is 2.14. The van der Waals surface area contributed by atoms with Crippen LogP contribution >= 0.6 is 0 Å². The van der Waals surface area contributed by atoms with Gasteiger partial charge < -0.3 is 5.32 Å². The van der Waals surface area contributed by atoms with Crippen LogP contribution in [-0.4, -0.2) is 16.2 Å². The number of carbonyl (C=O) groups excluding carboxylic acids is 1. The quantitative estimate of drug-likeness (QED) is 0.792. The normalized spacial score (nSPS) is 10.7. The summed E-state index contributed by atoms with van der Waals surface area (Å²) in [6.07, 6.45) is 0.647. The van der Waals surface area contributed by atoms with Gasteiger partial charge in [-0.2, -0.15) is 0 Å². The Morgan fingerprint density at radius 1 is 1.15 bits per heavy atom. The lowest BCUT2D eigenvalue weighted by molar-refractivity contribution is 0.102. The van der Waals surface area contributed by atoms with Crippen molar-refractivity contribution in [2.24, 2.45) is 0 Å². The SMILES string of the molecule is CCc1nonc1NC(=O)c1cccc2ccccc12. The molecular weight excluding hydrogens is 254 g/mol. The summed E-state index contributed by atoms with van der Waals surface area (Å²) >= 11 is 0. The summed E-state index contributed by atoms with van der Waals surface area (Å²) in [6, 6.07) is 13.4. The molecule has 1 aromatic heterocycles. The van der Waals surface area contributed by atoms with E-state index < -0.39 is 0 Å². The second-order valence-corrected chi connectivity index (χ2v) is 4.39. The van der Waals surface area contributed by atoms with Crippen LogP contribution in [-0.2, 0) is 6.42 Å². The summed E-state index contributed by atoms with van der Waals surface area (Å²) in [4.78, 5) is 12.4. The first kappa shape index (κ1) is 12.3. The average Bonchev–Trinajstić information content (AvgIpc) is 2.93. The van der Waals surface area contributed by atoms with Gasteiger partial charge in [-0.15, -0.1) is 0 Å². The van der Waals surface area contributed by atoms with Crippen molar-refractivity contribution in [2.75, 3.05) is 5.32 Å². The number of carbonyl (C=O) groups is 1. The minimum absolute atomic E-state index is 0.216. The van der Waals surface area contributed by atoms with Gasteiger partial charge in [-0.25, -0.2) is 4.63 Å². The van der Waals surface area contributed by atoms with E-state index in [2.05, 4.69) is 20.3 Å². The third-order valence-electron chi connectivity index (χ3n) is 3.16. The van der Waals surface area contributed by atoms with Gasteiger partial charge in [0.25, 0.3) is 5.91 Å². The largest absolute Gasteiger partial charge is 0.302 e. The lowest BCUT2D eigenvalue weighted by atomic mass is 10.0. The van der Waals surface area contributed by atoms with E-state index in [0.717, 1.165) is 10.8 Å². The second kappa shape index (κ2) is 5.13. The standard InChI is InChI=1S/C15H13N3O2/c1-2-13-14(18-20-17-13)16-15(19)12-9-5-7-10-6-3-4-8-11(10)12/h3-9H,2H2,1H3,(H,16,18,19). The lowest BCUT2D eigenvalue weighted by Crippen LogP contribution is -2.13. The van der Waals surface area contributed by atoms with Crippen molar-refractivity contribution < 1.29 is 9.42 Å². The van der Waals surface area contributed by atoms with Gasteiger partial charge in [-0.1, -0.05) is 48.5 Å². The molecule has 0 aliphatic heterocycles. The summed E-state index contributed by atoms with van der Waals surface area (Å²) in [5.41, 5.74) is 1.24. The topological polar surface area (TPSA) is 68.0 Å². The summed E-state index contributed by atoms with van der Waals surface area (Å²) in [6.45, 7) is 1.92. The van der Waals surface area contributed by atoms with Crippen molar-refractivity contribution in [1.29, 1.82) is 0 Å². The van der Waals surface area contributed by atoms with Crippen LogP contribution in [0.25, 0.3) is 10.8 Å². The highest BCUT2D eigenvalue weighted by atomic mass is 16.6. The lowest BCUT2D eigenvalue weighted by Gasteiger charge is -2.06. The fourth-order valence-electron chi connectivity index (χ4n) is 2.13. The van der Waals surface area contributed by atoms with E-state index in [1.807, 2.05) is 43.3 Å². The van der Waals surface area contributed by atoms with Gasteiger partial charge in [0.2, 0.25) is 5.82 Å². The maximum absolute atomic E-state index is 12.4. The van der Waals surface area contributed by atoms with Crippen molar-refractivity contribution in [3.8, 4) is 0 Å². The Hall–Kier alpha value is -2.69. The molecule has 100 valence electrons. The monoisotopic (exact) mass is 267 g/mol. The van der Waals surface area contributed by atoms with E-state index >= 15 is 0 Å². The number of aryl methyl sites for hydroxylation is 1. The van der Waals surface area contributed by atoms with E-state index in [0.29, 0.717) is 23.5 Å².